The Labute approximate surface area is 263 Å². The zero-order chi connectivity index (χ0) is 31.2. The van der Waals surface area contributed by atoms with Crippen molar-refractivity contribution in [2.75, 3.05) is 4.90 Å². The molecular weight excluding hydrogens is 592 g/mol. The molecule has 4 amide bonds. The van der Waals surface area contributed by atoms with Crippen LogP contribution in [0, 0.1) is 23.7 Å². The summed E-state index contributed by atoms with van der Waals surface area (Å²) in [7, 11) is 0. The number of benzene rings is 4. The van der Waals surface area contributed by atoms with Gasteiger partial charge >= 0.3 is 0 Å². The van der Waals surface area contributed by atoms with E-state index in [1.807, 2.05) is 60.7 Å². The number of imide groups is 2. The van der Waals surface area contributed by atoms with Gasteiger partial charge in [0.25, 0.3) is 11.8 Å². The number of nitrogens with zero attached hydrogens (tertiary/aromatic N) is 2. The summed E-state index contributed by atoms with van der Waals surface area (Å²) < 4.78 is 0. The lowest BCUT2D eigenvalue weighted by atomic mass is 9.48. The normalized spacial score (nSPS) is 29.1. The number of hydrogen-bond acceptors (Lipinski definition) is 6. The van der Waals surface area contributed by atoms with E-state index >= 15 is 4.79 Å². The van der Waals surface area contributed by atoms with Crippen LogP contribution in [0.2, 0.25) is 5.02 Å². The molecular formula is C36H27ClN2O6. The summed E-state index contributed by atoms with van der Waals surface area (Å²) in [6.07, 6.45) is 2.16. The second kappa shape index (κ2) is 9.86. The minimum Gasteiger partial charge on any atom is -0.508 e. The Morgan fingerprint density at radius 1 is 0.800 bits per heavy atom. The number of fused-ring (bicyclic) bond motifs is 5. The van der Waals surface area contributed by atoms with Crippen molar-refractivity contribution in [3.8, 4) is 5.75 Å². The molecule has 2 saturated heterocycles. The highest BCUT2D eigenvalue weighted by Crippen LogP contribution is 2.65. The van der Waals surface area contributed by atoms with Crippen LogP contribution in [0.4, 0.5) is 5.69 Å². The van der Waals surface area contributed by atoms with Crippen LogP contribution in [-0.2, 0) is 24.6 Å². The Morgan fingerprint density at radius 3 is 2.33 bits per heavy atom. The molecule has 2 heterocycles. The van der Waals surface area contributed by atoms with Crippen molar-refractivity contribution in [2.24, 2.45) is 23.7 Å². The molecule has 0 radical (unpaired) electrons. The number of phenols is 1. The number of aromatic hydroxyl groups is 1. The highest BCUT2D eigenvalue weighted by Gasteiger charge is 2.70. The number of hydroxylamine groups is 2. The molecule has 3 fully saturated rings. The van der Waals surface area contributed by atoms with E-state index in [1.54, 1.807) is 36.4 Å². The summed E-state index contributed by atoms with van der Waals surface area (Å²) in [6, 6.07) is 26.6. The molecule has 2 aliphatic heterocycles. The van der Waals surface area contributed by atoms with E-state index in [9.17, 15) is 24.7 Å². The molecule has 2 N–H and O–H groups in total. The molecule has 4 aromatic rings. The average Bonchev–Trinajstić information content (AvgIpc) is 3.42. The molecule has 1 saturated carbocycles. The Balaban J connectivity index is 1.47. The van der Waals surface area contributed by atoms with Crippen LogP contribution < -0.4 is 4.90 Å². The van der Waals surface area contributed by atoms with Gasteiger partial charge in [0, 0.05) is 16.5 Å². The topological polar surface area (TPSA) is 115 Å². The van der Waals surface area contributed by atoms with Gasteiger partial charge in [0.15, 0.2) is 0 Å². The maximum atomic E-state index is 15.3. The molecule has 0 unspecified atom stereocenters. The number of rotatable bonds is 3. The summed E-state index contributed by atoms with van der Waals surface area (Å²) in [5.74, 6) is -6.50. The monoisotopic (exact) mass is 618 g/mol. The Morgan fingerprint density at radius 2 is 1.56 bits per heavy atom. The molecule has 8 nitrogen and oxygen atoms in total. The summed E-state index contributed by atoms with van der Waals surface area (Å²) in [4.78, 5) is 57.6. The molecule has 2 aliphatic carbocycles. The van der Waals surface area contributed by atoms with Crippen LogP contribution in [0.3, 0.4) is 0 Å². The molecule has 224 valence electrons. The highest BCUT2D eigenvalue weighted by atomic mass is 35.5. The van der Waals surface area contributed by atoms with E-state index in [-0.39, 0.29) is 23.7 Å². The second-order valence-electron chi connectivity index (χ2n) is 12.3. The first-order valence-electron chi connectivity index (χ1n) is 14.9. The number of carbonyl (C=O) groups excluding carboxylic acids is 4. The van der Waals surface area contributed by atoms with Crippen molar-refractivity contribution in [1.82, 2.24) is 5.06 Å². The lowest BCUT2D eigenvalue weighted by molar-refractivity contribution is -0.173. The van der Waals surface area contributed by atoms with Crippen LogP contribution in [-0.4, -0.2) is 39.0 Å². The van der Waals surface area contributed by atoms with Gasteiger partial charge in [0.1, 0.15) is 5.75 Å². The fraction of sp³-hybridized carbons (Fsp3) is 0.222. The molecule has 8 rings (SSSR count). The fourth-order valence-corrected chi connectivity index (χ4v) is 8.81. The van der Waals surface area contributed by atoms with Gasteiger partial charge in [0.05, 0.1) is 28.9 Å². The van der Waals surface area contributed by atoms with Crippen LogP contribution in [0.5, 0.6) is 5.75 Å². The predicted octanol–water partition coefficient (Wildman–Crippen LogP) is 5.75. The summed E-state index contributed by atoms with van der Waals surface area (Å²) in [5.41, 5.74) is 0.597. The lowest BCUT2D eigenvalue weighted by Gasteiger charge is -2.51. The van der Waals surface area contributed by atoms with Gasteiger partial charge in [-0.2, -0.15) is 5.06 Å². The molecule has 6 atom stereocenters. The second-order valence-corrected chi connectivity index (χ2v) is 12.7. The minimum atomic E-state index is -1.51. The standard InChI is InChI=1S/C36H27ClN2O6/c37-21-10-6-11-22(17-21)38-33(42)27-18-26-24(14-15-25-29(26)34(43)39(45)32(25)41)31(36(27,35(38)44)20-8-2-1-3-9-20)30-23-12-5-4-7-19(23)13-16-28(30)40/h1-14,16-17,25-27,29,31,40,45H,15,18H2/t25-,26+,27-,29-,31+,36+/m0/s1. The smallest absolute Gasteiger partial charge is 0.257 e. The lowest BCUT2D eigenvalue weighted by Crippen LogP contribution is -2.53. The molecule has 0 spiro atoms. The number of allylic oxidation sites excluding steroid dienone is 2. The molecule has 0 bridgehead atoms. The molecule has 4 aliphatic rings. The maximum absolute atomic E-state index is 15.3. The Hall–Kier alpha value is -4.79. The highest BCUT2D eigenvalue weighted by molar-refractivity contribution is 6.32. The number of anilines is 1. The van der Waals surface area contributed by atoms with Crippen LogP contribution in [0.15, 0.2) is 103 Å². The molecule has 0 aromatic heterocycles. The first-order valence-corrected chi connectivity index (χ1v) is 15.3. The number of amides is 4. The summed E-state index contributed by atoms with van der Waals surface area (Å²) in [5, 5.41) is 24.2. The van der Waals surface area contributed by atoms with Gasteiger partial charge in [-0.1, -0.05) is 90.0 Å². The van der Waals surface area contributed by atoms with Crippen molar-refractivity contribution < 1.29 is 29.5 Å². The van der Waals surface area contributed by atoms with E-state index in [2.05, 4.69) is 0 Å². The molecule has 45 heavy (non-hydrogen) atoms. The molecule has 4 aromatic carbocycles. The maximum Gasteiger partial charge on any atom is 0.257 e. The third kappa shape index (κ3) is 3.63. The third-order valence-electron chi connectivity index (χ3n) is 10.4. The van der Waals surface area contributed by atoms with Gasteiger partial charge in [0.2, 0.25) is 11.8 Å². The van der Waals surface area contributed by atoms with E-state index < -0.39 is 58.6 Å². The van der Waals surface area contributed by atoms with E-state index in [1.165, 1.54) is 4.90 Å². The third-order valence-corrected chi connectivity index (χ3v) is 10.6. The Kier molecular flexibility index (Phi) is 6.08. The number of halogens is 1. The summed E-state index contributed by atoms with van der Waals surface area (Å²) >= 11 is 6.35. The first kappa shape index (κ1) is 27.7. The van der Waals surface area contributed by atoms with Crippen molar-refractivity contribution in [3.63, 3.8) is 0 Å². The van der Waals surface area contributed by atoms with Crippen LogP contribution in [0.25, 0.3) is 10.8 Å². The minimum absolute atomic E-state index is 0.0458. The van der Waals surface area contributed by atoms with Gasteiger partial charge in [-0.3, -0.25) is 24.4 Å². The van der Waals surface area contributed by atoms with Crippen molar-refractivity contribution in [3.05, 3.63) is 119 Å². The number of carbonyl (C=O) groups is 4. The fourth-order valence-electron chi connectivity index (χ4n) is 8.63. The first-order chi connectivity index (χ1) is 21.7. The SMILES string of the molecule is O=C1[C@H]2[C@H](CC=C3[C@H]2C[C@H]2C(=O)N(c4cccc(Cl)c4)C(=O)[C@@]2(c2ccccc2)[C@H]3c2c(O)ccc3ccccc23)C(=O)N1O. The zero-order valence-corrected chi connectivity index (χ0v) is 24.6. The quantitative estimate of drug-likeness (QED) is 0.172. The van der Waals surface area contributed by atoms with Crippen molar-refractivity contribution in [2.45, 2.75) is 24.2 Å². The van der Waals surface area contributed by atoms with Crippen molar-refractivity contribution in [1.29, 1.82) is 0 Å². The number of hydrogen-bond donors (Lipinski definition) is 2. The van der Waals surface area contributed by atoms with Gasteiger partial charge < -0.3 is 5.11 Å². The number of phenolic OH excluding ortho intramolecular Hbond substituents is 1. The predicted molar refractivity (Wildman–Crippen MR) is 165 cm³/mol. The van der Waals surface area contributed by atoms with Crippen molar-refractivity contribution >= 4 is 51.7 Å². The van der Waals surface area contributed by atoms with E-state index in [0.29, 0.717) is 32.8 Å². The van der Waals surface area contributed by atoms with Gasteiger partial charge in [-0.25, -0.2) is 4.90 Å². The zero-order valence-electron chi connectivity index (χ0n) is 23.8. The van der Waals surface area contributed by atoms with Crippen LogP contribution >= 0.6 is 11.6 Å². The largest absolute Gasteiger partial charge is 0.508 e. The Bertz CT molecular complexity index is 1990. The van der Waals surface area contributed by atoms with E-state index in [0.717, 1.165) is 5.39 Å². The van der Waals surface area contributed by atoms with Gasteiger partial charge in [-0.15, -0.1) is 0 Å². The summed E-state index contributed by atoms with van der Waals surface area (Å²) in [6.45, 7) is 0. The van der Waals surface area contributed by atoms with Gasteiger partial charge in [-0.05, 0) is 59.4 Å². The molecule has 9 heteroatoms. The van der Waals surface area contributed by atoms with E-state index in [4.69, 9.17) is 11.6 Å². The average molecular weight is 619 g/mol. The van der Waals surface area contributed by atoms with Crippen LogP contribution in [0.1, 0.15) is 29.9 Å².